The fraction of sp³-hybridized carbons (Fsp3) is 0.182. The van der Waals surface area contributed by atoms with Crippen molar-refractivity contribution in [2.45, 2.75) is 13.8 Å². The molecule has 0 unspecified atom stereocenters. The van der Waals surface area contributed by atoms with Crippen molar-refractivity contribution in [3.05, 3.63) is 40.7 Å². The molecule has 0 bridgehead atoms. The van der Waals surface area contributed by atoms with E-state index in [-0.39, 0.29) is 0 Å². The van der Waals surface area contributed by atoms with Crippen LogP contribution >= 0.6 is 11.6 Å². The lowest BCUT2D eigenvalue weighted by Crippen LogP contribution is -1.82. The third kappa shape index (κ3) is 1.53. The number of hydrogen-bond acceptors (Lipinski definition) is 2. The standard InChI is InChI=1S/C11H10ClNO/c1-7-4-3-5-9(10(7)12)11-13-6-8(2)14-11/h3-6H,1-2H3. The molecule has 2 nitrogen and oxygen atoms in total. The topological polar surface area (TPSA) is 26.0 Å². The molecule has 0 radical (unpaired) electrons. The lowest BCUT2D eigenvalue weighted by molar-refractivity contribution is 0.542. The molecule has 2 aromatic rings. The van der Waals surface area contributed by atoms with E-state index in [2.05, 4.69) is 4.98 Å². The summed E-state index contributed by atoms with van der Waals surface area (Å²) >= 11 is 6.14. The summed E-state index contributed by atoms with van der Waals surface area (Å²) in [4.78, 5) is 4.14. The van der Waals surface area contributed by atoms with Gasteiger partial charge in [0.1, 0.15) is 5.76 Å². The molecule has 1 heterocycles. The lowest BCUT2D eigenvalue weighted by Gasteiger charge is -2.01. The first-order valence-corrected chi connectivity index (χ1v) is 4.74. The summed E-state index contributed by atoms with van der Waals surface area (Å²) in [5.41, 5.74) is 1.87. The van der Waals surface area contributed by atoms with Crippen LogP contribution in [0.3, 0.4) is 0 Å². The largest absolute Gasteiger partial charge is 0.441 e. The van der Waals surface area contributed by atoms with Gasteiger partial charge in [-0.2, -0.15) is 0 Å². The van der Waals surface area contributed by atoms with Gasteiger partial charge in [-0.1, -0.05) is 23.7 Å². The molecule has 2 rings (SSSR count). The zero-order valence-electron chi connectivity index (χ0n) is 8.04. The molecule has 0 N–H and O–H groups in total. The number of oxazole rings is 1. The molecule has 1 aromatic carbocycles. The van der Waals surface area contributed by atoms with Gasteiger partial charge >= 0.3 is 0 Å². The van der Waals surface area contributed by atoms with Crippen molar-refractivity contribution in [1.29, 1.82) is 0 Å². The Morgan fingerprint density at radius 3 is 2.71 bits per heavy atom. The Kier molecular flexibility index (Phi) is 2.30. The molecular weight excluding hydrogens is 198 g/mol. The molecule has 72 valence electrons. The zero-order chi connectivity index (χ0) is 10.1. The number of nitrogens with zero attached hydrogens (tertiary/aromatic N) is 1. The number of aryl methyl sites for hydroxylation is 2. The van der Waals surface area contributed by atoms with Crippen LogP contribution in [0.4, 0.5) is 0 Å². The van der Waals surface area contributed by atoms with Gasteiger partial charge in [-0.25, -0.2) is 4.98 Å². The summed E-state index contributed by atoms with van der Waals surface area (Å²) in [6.07, 6.45) is 1.69. The van der Waals surface area contributed by atoms with E-state index < -0.39 is 0 Å². The minimum Gasteiger partial charge on any atom is -0.441 e. The van der Waals surface area contributed by atoms with E-state index in [4.69, 9.17) is 16.0 Å². The molecule has 0 saturated carbocycles. The Hall–Kier alpha value is -1.28. The van der Waals surface area contributed by atoms with Gasteiger partial charge in [0.25, 0.3) is 0 Å². The summed E-state index contributed by atoms with van der Waals surface area (Å²) in [5, 5.41) is 0.703. The second-order valence-corrected chi connectivity index (χ2v) is 3.59. The number of benzene rings is 1. The average molecular weight is 208 g/mol. The maximum atomic E-state index is 6.14. The predicted molar refractivity (Wildman–Crippen MR) is 56.4 cm³/mol. The van der Waals surface area contributed by atoms with Crippen molar-refractivity contribution < 1.29 is 4.42 Å². The summed E-state index contributed by atoms with van der Waals surface area (Å²) in [7, 11) is 0. The molecule has 14 heavy (non-hydrogen) atoms. The van der Waals surface area contributed by atoms with Crippen LogP contribution in [0.15, 0.2) is 28.8 Å². The highest BCUT2D eigenvalue weighted by atomic mass is 35.5. The summed E-state index contributed by atoms with van der Waals surface area (Å²) < 4.78 is 5.41. The van der Waals surface area contributed by atoms with E-state index in [1.807, 2.05) is 32.0 Å². The van der Waals surface area contributed by atoms with Crippen molar-refractivity contribution in [1.82, 2.24) is 4.98 Å². The van der Waals surface area contributed by atoms with Gasteiger partial charge in [0.05, 0.1) is 16.8 Å². The molecule has 0 atom stereocenters. The minimum atomic E-state index is 0.580. The van der Waals surface area contributed by atoms with Crippen LogP contribution in [0.2, 0.25) is 5.02 Å². The summed E-state index contributed by atoms with van der Waals surface area (Å²) in [6.45, 7) is 3.82. The van der Waals surface area contributed by atoms with Crippen LogP contribution in [0.5, 0.6) is 0 Å². The Morgan fingerprint density at radius 1 is 1.29 bits per heavy atom. The van der Waals surface area contributed by atoms with Crippen molar-refractivity contribution in [3.8, 4) is 11.5 Å². The second kappa shape index (κ2) is 3.46. The Morgan fingerprint density at radius 2 is 2.07 bits per heavy atom. The normalized spacial score (nSPS) is 10.5. The van der Waals surface area contributed by atoms with Crippen LogP contribution in [-0.2, 0) is 0 Å². The zero-order valence-corrected chi connectivity index (χ0v) is 8.80. The van der Waals surface area contributed by atoms with E-state index in [0.717, 1.165) is 16.9 Å². The van der Waals surface area contributed by atoms with Gasteiger partial charge in [0.15, 0.2) is 0 Å². The first-order valence-electron chi connectivity index (χ1n) is 4.36. The lowest BCUT2D eigenvalue weighted by atomic mass is 10.1. The van der Waals surface area contributed by atoms with Crippen LogP contribution in [-0.4, -0.2) is 4.98 Å². The van der Waals surface area contributed by atoms with E-state index in [1.165, 1.54) is 0 Å². The summed E-state index contributed by atoms with van der Waals surface area (Å²) in [5.74, 6) is 1.37. The number of aromatic nitrogens is 1. The maximum Gasteiger partial charge on any atom is 0.227 e. The van der Waals surface area contributed by atoms with Gasteiger partial charge in [-0.3, -0.25) is 0 Å². The van der Waals surface area contributed by atoms with Gasteiger partial charge < -0.3 is 4.42 Å². The molecule has 1 aromatic heterocycles. The van der Waals surface area contributed by atoms with Gasteiger partial charge in [0.2, 0.25) is 5.89 Å². The average Bonchev–Trinajstić information content (AvgIpc) is 2.57. The Labute approximate surface area is 87.5 Å². The highest BCUT2D eigenvalue weighted by Gasteiger charge is 2.09. The predicted octanol–water partition coefficient (Wildman–Crippen LogP) is 3.61. The molecule has 0 aliphatic heterocycles. The molecule has 0 amide bonds. The highest BCUT2D eigenvalue weighted by molar-refractivity contribution is 6.33. The fourth-order valence-corrected chi connectivity index (χ4v) is 1.50. The molecule has 0 spiro atoms. The molecule has 0 saturated heterocycles. The molecule has 0 aliphatic carbocycles. The first kappa shape index (κ1) is 9.28. The van der Waals surface area contributed by atoms with Crippen molar-refractivity contribution in [2.75, 3.05) is 0 Å². The number of halogens is 1. The van der Waals surface area contributed by atoms with Crippen molar-refractivity contribution >= 4 is 11.6 Å². The smallest absolute Gasteiger partial charge is 0.227 e. The van der Waals surface area contributed by atoms with E-state index in [9.17, 15) is 0 Å². The van der Waals surface area contributed by atoms with E-state index >= 15 is 0 Å². The van der Waals surface area contributed by atoms with Gasteiger partial charge in [-0.05, 0) is 25.5 Å². The third-order valence-electron chi connectivity index (χ3n) is 2.04. The quantitative estimate of drug-likeness (QED) is 0.714. The monoisotopic (exact) mass is 207 g/mol. The Balaban J connectivity index is 2.57. The van der Waals surface area contributed by atoms with Crippen LogP contribution < -0.4 is 0 Å². The molecule has 0 fully saturated rings. The van der Waals surface area contributed by atoms with Crippen molar-refractivity contribution in [3.63, 3.8) is 0 Å². The highest BCUT2D eigenvalue weighted by Crippen LogP contribution is 2.29. The van der Waals surface area contributed by atoms with Gasteiger partial charge in [0, 0.05) is 0 Å². The number of rotatable bonds is 1. The van der Waals surface area contributed by atoms with Crippen LogP contribution in [0.25, 0.3) is 11.5 Å². The first-order chi connectivity index (χ1) is 6.68. The van der Waals surface area contributed by atoms with E-state index in [0.29, 0.717) is 10.9 Å². The number of hydrogen-bond donors (Lipinski definition) is 0. The fourth-order valence-electron chi connectivity index (χ4n) is 1.29. The summed E-state index contributed by atoms with van der Waals surface area (Å²) in [6, 6.07) is 5.80. The molecule has 0 aliphatic rings. The minimum absolute atomic E-state index is 0.580. The van der Waals surface area contributed by atoms with Crippen LogP contribution in [0, 0.1) is 13.8 Å². The molecule has 3 heteroatoms. The SMILES string of the molecule is Cc1cnc(-c2cccc(C)c2Cl)o1. The third-order valence-corrected chi connectivity index (χ3v) is 2.55. The maximum absolute atomic E-state index is 6.14. The van der Waals surface area contributed by atoms with E-state index in [1.54, 1.807) is 6.20 Å². The second-order valence-electron chi connectivity index (χ2n) is 3.21. The Bertz CT molecular complexity index is 462. The van der Waals surface area contributed by atoms with Crippen LogP contribution in [0.1, 0.15) is 11.3 Å². The molecular formula is C11H10ClNO. The van der Waals surface area contributed by atoms with Crippen molar-refractivity contribution in [2.24, 2.45) is 0 Å². The van der Waals surface area contributed by atoms with Gasteiger partial charge in [-0.15, -0.1) is 0 Å².